The maximum atomic E-state index is 12.2. The van der Waals surface area contributed by atoms with Crippen LogP contribution in [0.3, 0.4) is 0 Å². The number of nitrogens with one attached hydrogen (secondary N) is 2. The molecule has 0 saturated carbocycles. The number of unbranched alkanes of at least 4 members (excludes halogenated alkanes) is 1. The van der Waals surface area contributed by atoms with E-state index in [0.717, 1.165) is 68.1 Å². The molecule has 0 unspecified atom stereocenters. The molecule has 0 bridgehead atoms. The topological polar surface area (TPSA) is 138 Å². The van der Waals surface area contributed by atoms with Gasteiger partial charge in [-0.15, -0.1) is 0 Å². The van der Waals surface area contributed by atoms with Crippen LogP contribution in [0.5, 0.6) is 5.75 Å². The van der Waals surface area contributed by atoms with Gasteiger partial charge in [0, 0.05) is 37.7 Å². The highest BCUT2D eigenvalue weighted by atomic mass is 16.5. The summed E-state index contributed by atoms with van der Waals surface area (Å²) in [5.41, 5.74) is 4.46. The molecule has 1 aliphatic rings. The molecule has 0 radical (unpaired) electrons. The molecule has 1 aliphatic heterocycles. The molecule has 5 heterocycles. The lowest BCUT2D eigenvalue weighted by Crippen LogP contribution is -2.37. The molecule has 42 heavy (non-hydrogen) atoms. The molecule has 220 valence electrons. The van der Waals surface area contributed by atoms with Gasteiger partial charge in [-0.3, -0.25) is 14.9 Å². The first-order chi connectivity index (χ1) is 20.6. The highest BCUT2D eigenvalue weighted by molar-refractivity contribution is 5.87. The number of hydrogen-bond donors (Lipinski definition) is 3. The Hall–Kier alpha value is -4.38. The van der Waals surface area contributed by atoms with Gasteiger partial charge in [0.25, 0.3) is 0 Å². The van der Waals surface area contributed by atoms with E-state index in [1.807, 2.05) is 25.1 Å². The number of aliphatic carboxylic acids is 1. The number of carboxylic acids is 1. The van der Waals surface area contributed by atoms with Gasteiger partial charge in [0.15, 0.2) is 5.82 Å². The normalized spacial score (nSPS) is 13.4. The highest BCUT2D eigenvalue weighted by Crippen LogP contribution is 2.21. The molecule has 0 amide bonds. The zero-order valence-electron chi connectivity index (χ0n) is 24.0. The monoisotopic (exact) mass is 570 g/mol. The van der Waals surface area contributed by atoms with Gasteiger partial charge in [0.2, 0.25) is 0 Å². The fourth-order valence-electron chi connectivity index (χ4n) is 5.12. The lowest BCUT2D eigenvalue weighted by atomic mass is 10.1. The van der Waals surface area contributed by atoms with Crippen LogP contribution in [0.25, 0.3) is 11.0 Å². The minimum atomic E-state index is -0.938. The Labute approximate surface area is 245 Å². The molecule has 0 spiro atoms. The lowest BCUT2D eigenvalue weighted by molar-refractivity contribution is -0.138. The molecule has 4 aromatic heterocycles. The van der Waals surface area contributed by atoms with E-state index in [2.05, 4.69) is 47.6 Å². The van der Waals surface area contributed by atoms with Crippen molar-refractivity contribution in [1.29, 1.82) is 0 Å². The fraction of sp³-hybridized carbons (Fsp3) is 0.419. The van der Waals surface area contributed by atoms with Crippen LogP contribution in [0.2, 0.25) is 0 Å². The number of aromatic nitrogens is 5. The molecule has 0 aromatic carbocycles. The Bertz CT molecular complexity index is 1480. The van der Waals surface area contributed by atoms with Gasteiger partial charge in [-0.25, -0.2) is 19.7 Å². The summed E-state index contributed by atoms with van der Waals surface area (Å²) in [5, 5.41) is 16.5. The van der Waals surface area contributed by atoms with Crippen LogP contribution in [0.1, 0.15) is 42.6 Å². The average Bonchev–Trinajstić information content (AvgIpc) is 3.01. The summed E-state index contributed by atoms with van der Waals surface area (Å²) in [6, 6.07) is 10.9. The van der Waals surface area contributed by atoms with Crippen molar-refractivity contribution in [2.24, 2.45) is 0 Å². The van der Waals surface area contributed by atoms with E-state index in [1.165, 1.54) is 11.9 Å². The molecule has 0 fully saturated rings. The third kappa shape index (κ3) is 7.88. The number of fused-ring (bicyclic) bond motifs is 2. The van der Waals surface area contributed by atoms with Crippen LogP contribution in [0, 0.1) is 6.92 Å². The second-order valence-corrected chi connectivity index (χ2v) is 10.5. The number of ether oxygens (including phenoxy) is 1. The standard InChI is InChI=1S/C31H38N8O3/c1-22-27(10-6-14-32-22)42-20-19-39(17-3-2-8-24-12-11-23-7-4-16-34-29(23)37-24)18-13-26(31(40)41)38-30-28-25(35-21-36-30)9-5-15-33-28/h5-6,9-12,14-15,21,26H,2-4,7-8,13,16-20H2,1H3,(H,34,37)(H,40,41)(H,35,36,38)/t26-/m0/s1. The van der Waals surface area contributed by atoms with Gasteiger partial charge in [-0.2, -0.15) is 0 Å². The number of nitrogens with zero attached hydrogens (tertiary/aromatic N) is 6. The number of hydrogen-bond acceptors (Lipinski definition) is 10. The highest BCUT2D eigenvalue weighted by Gasteiger charge is 2.21. The lowest BCUT2D eigenvalue weighted by Gasteiger charge is -2.25. The number of carboxylic acid groups (broad SMARTS) is 1. The molecule has 11 heteroatoms. The van der Waals surface area contributed by atoms with Crippen molar-refractivity contribution in [1.82, 2.24) is 29.8 Å². The van der Waals surface area contributed by atoms with Crippen molar-refractivity contribution in [3.63, 3.8) is 0 Å². The Morgan fingerprint density at radius 3 is 2.83 bits per heavy atom. The van der Waals surface area contributed by atoms with Crippen molar-refractivity contribution in [3.8, 4) is 5.75 Å². The Balaban J connectivity index is 1.18. The first-order valence-electron chi connectivity index (χ1n) is 14.6. The predicted octanol–water partition coefficient (Wildman–Crippen LogP) is 4.14. The van der Waals surface area contributed by atoms with Crippen molar-refractivity contribution in [3.05, 3.63) is 72.1 Å². The van der Waals surface area contributed by atoms with Gasteiger partial charge in [0.05, 0.1) is 11.2 Å². The smallest absolute Gasteiger partial charge is 0.326 e. The van der Waals surface area contributed by atoms with Gasteiger partial charge >= 0.3 is 5.97 Å². The fourth-order valence-corrected chi connectivity index (χ4v) is 5.12. The van der Waals surface area contributed by atoms with E-state index < -0.39 is 12.0 Å². The van der Waals surface area contributed by atoms with E-state index in [0.29, 0.717) is 43.0 Å². The summed E-state index contributed by atoms with van der Waals surface area (Å²) in [5.74, 6) is 1.27. The Kier molecular flexibility index (Phi) is 10.1. The molecule has 3 N–H and O–H groups in total. The van der Waals surface area contributed by atoms with Crippen LogP contribution < -0.4 is 15.4 Å². The van der Waals surface area contributed by atoms with E-state index in [4.69, 9.17) is 9.72 Å². The second kappa shape index (κ2) is 14.5. The zero-order valence-corrected chi connectivity index (χ0v) is 24.0. The molecule has 0 aliphatic carbocycles. The first-order valence-corrected chi connectivity index (χ1v) is 14.6. The van der Waals surface area contributed by atoms with E-state index in [-0.39, 0.29) is 0 Å². The molecule has 0 saturated heterocycles. The van der Waals surface area contributed by atoms with E-state index in [9.17, 15) is 9.90 Å². The van der Waals surface area contributed by atoms with Crippen LogP contribution >= 0.6 is 0 Å². The minimum absolute atomic E-state index is 0.387. The molecular weight excluding hydrogens is 532 g/mol. The second-order valence-electron chi connectivity index (χ2n) is 10.5. The maximum absolute atomic E-state index is 12.2. The van der Waals surface area contributed by atoms with Crippen molar-refractivity contribution in [2.45, 2.75) is 51.5 Å². The van der Waals surface area contributed by atoms with Crippen LogP contribution in [-0.2, 0) is 17.6 Å². The number of carbonyl (C=O) groups is 1. The Morgan fingerprint density at radius 1 is 1.07 bits per heavy atom. The predicted molar refractivity (Wildman–Crippen MR) is 162 cm³/mol. The number of pyridine rings is 3. The van der Waals surface area contributed by atoms with Crippen molar-refractivity contribution in [2.75, 3.05) is 43.4 Å². The summed E-state index contributed by atoms with van der Waals surface area (Å²) in [6.45, 7) is 5.46. The van der Waals surface area contributed by atoms with Crippen molar-refractivity contribution >= 4 is 28.6 Å². The molecular formula is C31H38N8O3. The summed E-state index contributed by atoms with van der Waals surface area (Å²) in [6.07, 6.45) is 10.3. The van der Waals surface area contributed by atoms with Gasteiger partial charge in [-0.1, -0.05) is 6.07 Å². The molecule has 1 atom stereocenters. The number of aryl methyl sites for hydroxylation is 3. The number of rotatable bonds is 15. The minimum Gasteiger partial charge on any atom is -0.490 e. The van der Waals surface area contributed by atoms with Crippen LogP contribution in [0.4, 0.5) is 11.6 Å². The average molecular weight is 571 g/mol. The van der Waals surface area contributed by atoms with Crippen molar-refractivity contribution < 1.29 is 14.6 Å². The van der Waals surface area contributed by atoms with E-state index >= 15 is 0 Å². The largest absolute Gasteiger partial charge is 0.490 e. The molecule has 4 aromatic rings. The summed E-state index contributed by atoms with van der Waals surface area (Å²) in [4.78, 5) is 36.4. The van der Waals surface area contributed by atoms with Gasteiger partial charge < -0.3 is 20.5 Å². The van der Waals surface area contributed by atoms with Crippen LogP contribution in [0.15, 0.2) is 55.1 Å². The summed E-state index contributed by atoms with van der Waals surface area (Å²) in [7, 11) is 0. The third-order valence-electron chi connectivity index (χ3n) is 7.47. The quantitative estimate of drug-likeness (QED) is 0.178. The molecule has 11 nitrogen and oxygen atoms in total. The SMILES string of the molecule is Cc1ncccc1OCCN(CCCCc1ccc2c(n1)NCCC2)CC[C@H](Nc1ncnc2cccnc12)C(=O)O. The third-order valence-corrected chi connectivity index (χ3v) is 7.47. The summed E-state index contributed by atoms with van der Waals surface area (Å²) >= 11 is 0. The first kappa shape index (κ1) is 29.1. The zero-order chi connectivity index (χ0) is 29.1. The maximum Gasteiger partial charge on any atom is 0.326 e. The Morgan fingerprint density at radius 2 is 1.95 bits per heavy atom. The van der Waals surface area contributed by atoms with Gasteiger partial charge in [-0.05, 0) is 87.9 Å². The molecule has 5 rings (SSSR count). The van der Waals surface area contributed by atoms with Gasteiger partial charge in [0.1, 0.15) is 36.1 Å². The number of anilines is 2. The van der Waals surface area contributed by atoms with Crippen LogP contribution in [-0.4, -0.2) is 79.7 Å². The summed E-state index contributed by atoms with van der Waals surface area (Å²) < 4.78 is 6.02. The van der Waals surface area contributed by atoms with E-state index in [1.54, 1.807) is 18.5 Å².